The van der Waals surface area contributed by atoms with Gasteiger partial charge in [0.05, 0.1) is 18.9 Å². The molecule has 6 nitrogen and oxygen atoms in total. The molecular formula is C15H20N4O2. The normalized spacial score (nSPS) is 10.2. The Morgan fingerprint density at radius 1 is 1.10 bits per heavy atom. The van der Waals surface area contributed by atoms with E-state index in [-0.39, 0.29) is 0 Å². The minimum atomic E-state index is 0.420. The Labute approximate surface area is 124 Å². The van der Waals surface area contributed by atoms with Crippen LogP contribution in [0.2, 0.25) is 0 Å². The van der Waals surface area contributed by atoms with Crippen LogP contribution in [0.15, 0.2) is 24.3 Å². The Hall–Kier alpha value is -2.50. The number of aromatic nitrogens is 2. The van der Waals surface area contributed by atoms with Crippen LogP contribution >= 0.6 is 0 Å². The number of rotatable bonds is 6. The van der Waals surface area contributed by atoms with E-state index in [0.29, 0.717) is 30.7 Å². The average Bonchev–Trinajstić information content (AvgIpc) is 2.41. The van der Waals surface area contributed by atoms with Crippen molar-refractivity contribution < 1.29 is 9.47 Å². The Bertz CT molecular complexity index is 596. The second-order valence-electron chi connectivity index (χ2n) is 4.37. The number of aryl methyl sites for hydroxylation is 1. The molecule has 0 fully saturated rings. The van der Waals surface area contributed by atoms with Crippen LogP contribution in [0.1, 0.15) is 19.7 Å². The standard InChI is InChI=1S/C15H20N4O2/c1-4-20-11-6-7-13(21-5-2)12(8-11)19-15-9-14(16)17-10(3)18-15/h6-9H,4-5H2,1-3H3,(H3,16,17,18,19). The summed E-state index contributed by atoms with van der Waals surface area (Å²) in [6.45, 7) is 6.85. The van der Waals surface area contributed by atoms with Crippen molar-refractivity contribution in [1.29, 1.82) is 0 Å². The highest BCUT2D eigenvalue weighted by atomic mass is 16.5. The Kier molecular flexibility index (Phi) is 4.81. The largest absolute Gasteiger partial charge is 0.494 e. The van der Waals surface area contributed by atoms with Gasteiger partial charge in [0.25, 0.3) is 0 Å². The van der Waals surface area contributed by atoms with Gasteiger partial charge in [-0.2, -0.15) is 0 Å². The van der Waals surface area contributed by atoms with Crippen LogP contribution in [0.4, 0.5) is 17.3 Å². The molecule has 112 valence electrons. The van der Waals surface area contributed by atoms with Crippen molar-refractivity contribution in [2.75, 3.05) is 24.3 Å². The number of anilines is 3. The van der Waals surface area contributed by atoms with E-state index in [0.717, 1.165) is 17.2 Å². The molecule has 0 aliphatic heterocycles. The fourth-order valence-electron chi connectivity index (χ4n) is 1.94. The van der Waals surface area contributed by atoms with Gasteiger partial charge in [-0.1, -0.05) is 0 Å². The minimum Gasteiger partial charge on any atom is -0.494 e. The number of ether oxygens (including phenoxy) is 2. The first-order valence-electron chi connectivity index (χ1n) is 6.90. The molecule has 0 radical (unpaired) electrons. The van der Waals surface area contributed by atoms with E-state index in [1.807, 2.05) is 32.0 Å². The summed E-state index contributed by atoms with van der Waals surface area (Å²) in [7, 11) is 0. The number of nitrogen functional groups attached to an aromatic ring is 1. The third kappa shape index (κ3) is 3.98. The van der Waals surface area contributed by atoms with E-state index in [1.54, 1.807) is 13.0 Å². The van der Waals surface area contributed by atoms with Crippen molar-refractivity contribution in [3.63, 3.8) is 0 Å². The lowest BCUT2D eigenvalue weighted by atomic mass is 10.2. The summed E-state index contributed by atoms with van der Waals surface area (Å²) in [4.78, 5) is 8.36. The van der Waals surface area contributed by atoms with E-state index in [2.05, 4.69) is 15.3 Å². The molecule has 1 heterocycles. The van der Waals surface area contributed by atoms with Crippen molar-refractivity contribution >= 4 is 17.3 Å². The molecule has 21 heavy (non-hydrogen) atoms. The fraction of sp³-hybridized carbons (Fsp3) is 0.333. The van der Waals surface area contributed by atoms with Crippen molar-refractivity contribution in [1.82, 2.24) is 9.97 Å². The van der Waals surface area contributed by atoms with Gasteiger partial charge >= 0.3 is 0 Å². The molecule has 0 aliphatic carbocycles. The van der Waals surface area contributed by atoms with Gasteiger partial charge in [0.2, 0.25) is 0 Å². The maximum atomic E-state index is 5.74. The molecule has 1 aromatic heterocycles. The molecule has 0 spiro atoms. The zero-order chi connectivity index (χ0) is 15.2. The summed E-state index contributed by atoms with van der Waals surface area (Å²) in [5.74, 6) is 3.15. The number of benzene rings is 1. The first-order chi connectivity index (χ1) is 10.1. The second-order valence-corrected chi connectivity index (χ2v) is 4.37. The third-order valence-corrected chi connectivity index (χ3v) is 2.68. The maximum Gasteiger partial charge on any atom is 0.143 e. The molecule has 2 rings (SSSR count). The molecule has 1 aromatic carbocycles. The van der Waals surface area contributed by atoms with Gasteiger partial charge in [-0.15, -0.1) is 0 Å². The highest BCUT2D eigenvalue weighted by Crippen LogP contribution is 2.31. The van der Waals surface area contributed by atoms with Gasteiger partial charge in [0, 0.05) is 12.1 Å². The number of nitrogens with zero attached hydrogens (tertiary/aromatic N) is 2. The molecule has 6 heteroatoms. The second kappa shape index (κ2) is 6.78. The molecule has 0 unspecified atom stereocenters. The van der Waals surface area contributed by atoms with Crippen LogP contribution in [-0.2, 0) is 0 Å². The van der Waals surface area contributed by atoms with Gasteiger partial charge in [0.15, 0.2) is 0 Å². The van der Waals surface area contributed by atoms with Crippen molar-refractivity contribution in [2.24, 2.45) is 0 Å². The highest BCUT2D eigenvalue weighted by Gasteiger charge is 2.08. The SMILES string of the molecule is CCOc1ccc(OCC)c(Nc2cc(N)nc(C)n2)c1. The van der Waals surface area contributed by atoms with Gasteiger partial charge in [-0.3, -0.25) is 0 Å². The van der Waals surface area contributed by atoms with Crippen LogP contribution in [0, 0.1) is 6.92 Å². The summed E-state index contributed by atoms with van der Waals surface area (Å²) in [6, 6.07) is 7.30. The van der Waals surface area contributed by atoms with E-state index in [1.165, 1.54) is 0 Å². The van der Waals surface area contributed by atoms with E-state index in [9.17, 15) is 0 Å². The molecule has 0 atom stereocenters. The minimum absolute atomic E-state index is 0.420. The molecule has 0 bridgehead atoms. The summed E-state index contributed by atoms with van der Waals surface area (Å²) in [6.07, 6.45) is 0. The molecule has 3 N–H and O–H groups in total. The van der Waals surface area contributed by atoms with Crippen molar-refractivity contribution in [2.45, 2.75) is 20.8 Å². The van der Waals surface area contributed by atoms with Gasteiger partial charge in [-0.25, -0.2) is 9.97 Å². The van der Waals surface area contributed by atoms with Crippen LogP contribution in [-0.4, -0.2) is 23.2 Å². The molecule has 0 aliphatic rings. The fourth-order valence-corrected chi connectivity index (χ4v) is 1.94. The lowest BCUT2D eigenvalue weighted by Crippen LogP contribution is -2.03. The number of nitrogens with one attached hydrogen (secondary N) is 1. The maximum absolute atomic E-state index is 5.74. The number of hydrogen-bond donors (Lipinski definition) is 2. The first kappa shape index (κ1) is 14.9. The van der Waals surface area contributed by atoms with Gasteiger partial charge in [0.1, 0.15) is 29.0 Å². The zero-order valence-electron chi connectivity index (χ0n) is 12.5. The topological polar surface area (TPSA) is 82.3 Å². The average molecular weight is 288 g/mol. The van der Waals surface area contributed by atoms with Crippen LogP contribution in [0.3, 0.4) is 0 Å². The predicted octanol–water partition coefficient (Wildman–Crippen LogP) is 2.91. The summed E-state index contributed by atoms with van der Waals surface area (Å²) >= 11 is 0. The van der Waals surface area contributed by atoms with E-state index >= 15 is 0 Å². The summed E-state index contributed by atoms with van der Waals surface area (Å²) < 4.78 is 11.1. The van der Waals surface area contributed by atoms with Crippen molar-refractivity contribution in [3.8, 4) is 11.5 Å². The van der Waals surface area contributed by atoms with Gasteiger partial charge < -0.3 is 20.5 Å². The smallest absolute Gasteiger partial charge is 0.143 e. The molecule has 0 saturated carbocycles. The Balaban J connectivity index is 2.32. The van der Waals surface area contributed by atoms with Crippen molar-refractivity contribution in [3.05, 3.63) is 30.1 Å². The molecule has 0 saturated heterocycles. The Morgan fingerprint density at radius 3 is 2.52 bits per heavy atom. The number of hydrogen-bond acceptors (Lipinski definition) is 6. The van der Waals surface area contributed by atoms with E-state index in [4.69, 9.17) is 15.2 Å². The predicted molar refractivity (Wildman–Crippen MR) is 83.2 cm³/mol. The highest BCUT2D eigenvalue weighted by molar-refractivity contribution is 5.67. The molecular weight excluding hydrogens is 268 g/mol. The van der Waals surface area contributed by atoms with Crippen LogP contribution in [0.25, 0.3) is 0 Å². The third-order valence-electron chi connectivity index (χ3n) is 2.68. The lowest BCUT2D eigenvalue weighted by Gasteiger charge is -2.14. The van der Waals surface area contributed by atoms with Crippen LogP contribution in [0.5, 0.6) is 11.5 Å². The lowest BCUT2D eigenvalue weighted by molar-refractivity contribution is 0.332. The monoisotopic (exact) mass is 288 g/mol. The Morgan fingerprint density at radius 2 is 1.86 bits per heavy atom. The molecule has 0 amide bonds. The summed E-state index contributed by atoms with van der Waals surface area (Å²) in [5, 5.41) is 3.20. The van der Waals surface area contributed by atoms with E-state index < -0.39 is 0 Å². The van der Waals surface area contributed by atoms with Crippen LogP contribution < -0.4 is 20.5 Å². The quantitative estimate of drug-likeness (QED) is 0.850. The summed E-state index contributed by atoms with van der Waals surface area (Å²) in [5.41, 5.74) is 6.52. The molecule has 2 aromatic rings. The van der Waals surface area contributed by atoms with Gasteiger partial charge in [-0.05, 0) is 32.9 Å². The zero-order valence-corrected chi connectivity index (χ0v) is 12.5. The first-order valence-corrected chi connectivity index (χ1v) is 6.90. The number of nitrogens with two attached hydrogens (primary N) is 1.